The monoisotopic (exact) mass is 266 g/mol. The fourth-order valence-electron chi connectivity index (χ4n) is 2.57. The van der Waals surface area contributed by atoms with Crippen molar-refractivity contribution >= 4 is 5.97 Å². The summed E-state index contributed by atoms with van der Waals surface area (Å²) in [6, 6.07) is 9.89. The van der Waals surface area contributed by atoms with Crippen LogP contribution in [0, 0.1) is 5.41 Å². The van der Waals surface area contributed by atoms with Crippen LogP contribution in [0.4, 0.5) is 0 Å². The summed E-state index contributed by atoms with van der Waals surface area (Å²) in [7, 11) is 0. The first-order chi connectivity index (χ1) is 9.57. The first-order valence-electron chi connectivity index (χ1n) is 6.93. The first kappa shape index (κ1) is 12.9. The molecule has 1 aromatic carbocycles. The third kappa shape index (κ3) is 2.34. The molecule has 1 aliphatic carbocycles. The molecule has 20 heavy (non-hydrogen) atoms. The highest BCUT2D eigenvalue weighted by Crippen LogP contribution is 2.39. The summed E-state index contributed by atoms with van der Waals surface area (Å²) in [5, 5.41) is 0. The lowest BCUT2D eigenvalue weighted by molar-refractivity contribution is -0.139. The number of carbonyl (C=O) groups is 1. The van der Waals surface area contributed by atoms with Crippen LogP contribution in [-0.2, 0) is 9.53 Å². The Morgan fingerprint density at radius 2 is 1.90 bits per heavy atom. The van der Waals surface area contributed by atoms with E-state index in [0.29, 0.717) is 5.57 Å². The molecule has 0 amide bonds. The van der Waals surface area contributed by atoms with Crippen molar-refractivity contribution < 1.29 is 9.53 Å². The molecule has 2 aliphatic rings. The lowest BCUT2D eigenvalue weighted by Gasteiger charge is -2.20. The van der Waals surface area contributed by atoms with E-state index in [1.807, 2.05) is 36.4 Å². The minimum Gasteiger partial charge on any atom is -0.449 e. The van der Waals surface area contributed by atoms with Crippen LogP contribution in [0.25, 0.3) is 0 Å². The summed E-state index contributed by atoms with van der Waals surface area (Å²) < 4.78 is 5.56. The molecule has 1 heterocycles. The highest BCUT2D eigenvalue weighted by molar-refractivity contribution is 5.96. The molecule has 1 atom stereocenters. The SMILES string of the molecule is CC1(C)/C=C\C2=C(/C=C\C1)C(=O)O[C@H]2c1ccccc1. The maximum atomic E-state index is 12.1. The number of cyclic esters (lactones) is 1. The molecule has 3 rings (SSSR count). The van der Waals surface area contributed by atoms with Gasteiger partial charge in [0.15, 0.2) is 6.10 Å². The Morgan fingerprint density at radius 3 is 2.65 bits per heavy atom. The quantitative estimate of drug-likeness (QED) is 0.715. The van der Waals surface area contributed by atoms with Crippen molar-refractivity contribution in [3.63, 3.8) is 0 Å². The van der Waals surface area contributed by atoms with Crippen molar-refractivity contribution in [1.82, 2.24) is 0 Å². The van der Waals surface area contributed by atoms with Crippen LogP contribution in [0.2, 0.25) is 0 Å². The third-order valence-electron chi connectivity index (χ3n) is 3.78. The second-order valence-corrected chi connectivity index (χ2v) is 5.99. The molecule has 0 saturated heterocycles. The number of hydrogen-bond donors (Lipinski definition) is 0. The van der Waals surface area contributed by atoms with Crippen molar-refractivity contribution in [2.75, 3.05) is 0 Å². The lowest BCUT2D eigenvalue weighted by Crippen LogP contribution is -2.07. The molecule has 0 N–H and O–H groups in total. The molecule has 0 radical (unpaired) electrons. The third-order valence-corrected chi connectivity index (χ3v) is 3.78. The Morgan fingerprint density at radius 1 is 1.15 bits per heavy atom. The van der Waals surface area contributed by atoms with Crippen molar-refractivity contribution in [3.8, 4) is 0 Å². The fraction of sp³-hybridized carbons (Fsp3) is 0.278. The van der Waals surface area contributed by atoms with Crippen LogP contribution < -0.4 is 0 Å². The Hall–Kier alpha value is -2.09. The minimum absolute atomic E-state index is 0.0991. The molecule has 0 bridgehead atoms. The number of rotatable bonds is 1. The minimum atomic E-state index is -0.284. The summed E-state index contributed by atoms with van der Waals surface area (Å²) in [6.45, 7) is 4.38. The second-order valence-electron chi connectivity index (χ2n) is 5.99. The summed E-state index contributed by atoms with van der Waals surface area (Å²) >= 11 is 0. The van der Waals surface area contributed by atoms with Crippen molar-refractivity contribution in [2.24, 2.45) is 5.41 Å². The fourth-order valence-corrected chi connectivity index (χ4v) is 2.57. The van der Waals surface area contributed by atoms with Gasteiger partial charge in [0.2, 0.25) is 0 Å². The number of benzene rings is 1. The maximum absolute atomic E-state index is 12.1. The van der Waals surface area contributed by atoms with Gasteiger partial charge in [-0.05, 0) is 17.4 Å². The van der Waals surface area contributed by atoms with Crippen LogP contribution in [-0.4, -0.2) is 5.97 Å². The Balaban J connectivity index is 2.06. The zero-order valence-electron chi connectivity index (χ0n) is 11.8. The summed E-state index contributed by atoms with van der Waals surface area (Å²) in [4.78, 5) is 12.1. The van der Waals surface area contributed by atoms with Gasteiger partial charge in [0.1, 0.15) is 0 Å². The zero-order valence-corrected chi connectivity index (χ0v) is 11.8. The van der Waals surface area contributed by atoms with Crippen LogP contribution in [0.5, 0.6) is 0 Å². The molecular weight excluding hydrogens is 248 g/mol. The van der Waals surface area contributed by atoms with Crippen LogP contribution in [0.1, 0.15) is 31.9 Å². The number of carbonyl (C=O) groups excluding carboxylic acids is 1. The number of hydrogen-bond acceptors (Lipinski definition) is 2. The number of ether oxygens (including phenoxy) is 1. The normalized spacial score (nSPS) is 27.3. The van der Waals surface area contributed by atoms with Crippen LogP contribution in [0.15, 0.2) is 65.8 Å². The van der Waals surface area contributed by atoms with Crippen molar-refractivity contribution in [2.45, 2.75) is 26.4 Å². The summed E-state index contributed by atoms with van der Waals surface area (Å²) in [5.74, 6) is -0.227. The summed E-state index contributed by atoms with van der Waals surface area (Å²) in [5.41, 5.74) is 2.76. The van der Waals surface area contributed by atoms with Gasteiger partial charge in [0, 0.05) is 5.57 Å². The van der Waals surface area contributed by atoms with E-state index in [4.69, 9.17) is 4.74 Å². The van der Waals surface area contributed by atoms with Gasteiger partial charge in [0.05, 0.1) is 5.57 Å². The first-order valence-corrected chi connectivity index (χ1v) is 6.93. The Labute approximate surface area is 119 Å². The molecule has 1 aromatic rings. The second kappa shape index (κ2) is 4.78. The molecule has 0 unspecified atom stereocenters. The van der Waals surface area contributed by atoms with E-state index in [1.54, 1.807) is 0 Å². The number of esters is 1. The molecular formula is C18H18O2. The molecule has 0 fully saturated rings. The van der Waals surface area contributed by atoms with Crippen molar-refractivity contribution in [3.05, 3.63) is 71.3 Å². The molecule has 2 nitrogen and oxygen atoms in total. The molecule has 2 heteroatoms. The average Bonchev–Trinajstić information content (AvgIpc) is 2.72. The van der Waals surface area contributed by atoms with E-state index in [2.05, 4.69) is 32.1 Å². The van der Waals surface area contributed by atoms with Crippen molar-refractivity contribution in [1.29, 1.82) is 0 Å². The van der Waals surface area contributed by atoms with Gasteiger partial charge in [-0.15, -0.1) is 0 Å². The smallest absolute Gasteiger partial charge is 0.339 e. The van der Waals surface area contributed by atoms with Gasteiger partial charge in [-0.1, -0.05) is 68.5 Å². The Bertz CT molecular complexity index is 618. The maximum Gasteiger partial charge on any atom is 0.339 e. The molecule has 1 aliphatic heterocycles. The summed E-state index contributed by atoms with van der Waals surface area (Å²) in [6.07, 6.45) is 8.84. The lowest BCUT2D eigenvalue weighted by atomic mass is 9.85. The molecule has 0 saturated carbocycles. The van der Waals surface area contributed by atoms with Crippen LogP contribution >= 0.6 is 0 Å². The highest BCUT2D eigenvalue weighted by Gasteiger charge is 2.33. The van der Waals surface area contributed by atoms with Gasteiger partial charge in [0.25, 0.3) is 0 Å². The van der Waals surface area contributed by atoms with E-state index in [-0.39, 0.29) is 17.5 Å². The van der Waals surface area contributed by atoms with Gasteiger partial charge in [-0.25, -0.2) is 4.79 Å². The molecule has 0 spiro atoms. The van der Waals surface area contributed by atoms with E-state index >= 15 is 0 Å². The van der Waals surface area contributed by atoms with Gasteiger partial charge < -0.3 is 4.74 Å². The number of allylic oxidation sites excluding steroid dienone is 2. The van der Waals surface area contributed by atoms with E-state index in [9.17, 15) is 4.79 Å². The topological polar surface area (TPSA) is 26.3 Å². The predicted octanol–water partition coefficient (Wildman–Crippen LogP) is 4.12. The van der Waals surface area contributed by atoms with Gasteiger partial charge >= 0.3 is 5.97 Å². The Kier molecular flexibility index (Phi) is 3.09. The molecule has 102 valence electrons. The standard InChI is InChI=1S/C18H18O2/c1-18(2)11-6-9-15-14(10-12-18)16(20-17(15)19)13-7-4-3-5-8-13/h3-10,12,16H,11H2,1-2H3/b9-6-,12-10-/t16-/m0/s1. The predicted molar refractivity (Wildman–Crippen MR) is 79.0 cm³/mol. The molecule has 0 aromatic heterocycles. The largest absolute Gasteiger partial charge is 0.449 e. The van der Waals surface area contributed by atoms with Gasteiger partial charge in [-0.3, -0.25) is 0 Å². The van der Waals surface area contributed by atoms with E-state index < -0.39 is 0 Å². The van der Waals surface area contributed by atoms with Gasteiger partial charge in [-0.2, -0.15) is 0 Å². The zero-order chi connectivity index (χ0) is 14.2. The van der Waals surface area contributed by atoms with E-state index in [0.717, 1.165) is 17.6 Å². The van der Waals surface area contributed by atoms with Crippen LogP contribution in [0.3, 0.4) is 0 Å². The highest BCUT2D eigenvalue weighted by atomic mass is 16.5. The average molecular weight is 266 g/mol. The van der Waals surface area contributed by atoms with E-state index in [1.165, 1.54) is 0 Å².